The van der Waals surface area contributed by atoms with E-state index >= 15 is 0 Å². The molecule has 1 saturated heterocycles. The molecule has 1 aromatic carbocycles. The van der Waals surface area contributed by atoms with E-state index in [2.05, 4.69) is 54.3 Å². The second-order valence-electron chi connectivity index (χ2n) is 8.95. The molecule has 2 N–H and O–H groups in total. The van der Waals surface area contributed by atoms with Crippen molar-refractivity contribution in [3.63, 3.8) is 0 Å². The number of benzene rings is 1. The first kappa shape index (κ1) is 25.1. The Hall–Kier alpha value is -2.12. The summed E-state index contributed by atoms with van der Waals surface area (Å²) in [5, 5.41) is 6.83. The van der Waals surface area contributed by atoms with Gasteiger partial charge in [0.25, 0.3) is 5.91 Å². The number of amides is 1. The van der Waals surface area contributed by atoms with Gasteiger partial charge in [0.1, 0.15) is 0 Å². The van der Waals surface area contributed by atoms with Crippen molar-refractivity contribution in [2.75, 3.05) is 67.0 Å². The van der Waals surface area contributed by atoms with Crippen molar-refractivity contribution in [1.29, 1.82) is 0 Å². The van der Waals surface area contributed by atoms with Gasteiger partial charge in [0.05, 0.1) is 6.54 Å². The van der Waals surface area contributed by atoms with Crippen molar-refractivity contribution in [1.82, 2.24) is 25.3 Å². The summed E-state index contributed by atoms with van der Waals surface area (Å²) in [6.45, 7) is 13.5. The standard InChI is InChI=1S/C24H42N6O/c1-7-25-24(27-18-22(19(2)3)30-15-13-29(6)14-16-30)26-12-11-20-9-8-10-21(17-20)23(31)28(4)5/h8-10,17,19,22H,7,11-16,18H2,1-6H3,(H2,25,26,27). The summed E-state index contributed by atoms with van der Waals surface area (Å²) in [6, 6.07) is 8.33. The lowest BCUT2D eigenvalue weighted by atomic mass is 10.0. The van der Waals surface area contributed by atoms with Gasteiger partial charge in [-0.05, 0) is 44.0 Å². The zero-order chi connectivity index (χ0) is 22.8. The van der Waals surface area contributed by atoms with Gasteiger partial charge in [-0.2, -0.15) is 0 Å². The van der Waals surface area contributed by atoms with E-state index in [0.29, 0.717) is 12.0 Å². The highest BCUT2D eigenvalue weighted by atomic mass is 16.2. The Kier molecular flexibility index (Phi) is 10.3. The largest absolute Gasteiger partial charge is 0.357 e. The molecule has 1 aliphatic rings. The summed E-state index contributed by atoms with van der Waals surface area (Å²) < 4.78 is 0. The van der Waals surface area contributed by atoms with Gasteiger partial charge in [0, 0.05) is 65.0 Å². The lowest BCUT2D eigenvalue weighted by Crippen LogP contribution is -2.52. The van der Waals surface area contributed by atoms with E-state index in [1.165, 1.54) is 0 Å². The molecule has 0 bridgehead atoms. The highest BCUT2D eigenvalue weighted by Crippen LogP contribution is 2.14. The number of rotatable bonds is 9. The number of hydrogen-bond donors (Lipinski definition) is 2. The van der Waals surface area contributed by atoms with Gasteiger partial charge in [-0.3, -0.25) is 14.7 Å². The number of aliphatic imine (C=N–C) groups is 1. The Bertz CT molecular complexity index is 710. The molecule has 2 rings (SSSR count). The van der Waals surface area contributed by atoms with Crippen LogP contribution in [0.3, 0.4) is 0 Å². The summed E-state index contributed by atoms with van der Waals surface area (Å²) in [5.41, 5.74) is 1.88. The highest BCUT2D eigenvalue weighted by molar-refractivity contribution is 5.94. The molecule has 7 heteroatoms. The molecule has 0 aliphatic carbocycles. The van der Waals surface area contributed by atoms with Crippen LogP contribution in [0.5, 0.6) is 0 Å². The molecular weight excluding hydrogens is 388 g/mol. The Labute approximate surface area is 188 Å². The lowest BCUT2D eigenvalue weighted by molar-refractivity contribution is 0.0827. The minimum absolute atomic E-state index is 0.0355. The van der Waals surface area contributed by atoms with E-state index in [1.54, 1.807) is 19.0 Å². The Morgan fingerprint density at radius 1 is 1.16 bits per heavy atom. The number of nitrogens with zero attached hydrogens (tertiary/aromatic N) is 4. The summed E-state index contributed by atoms with van der Waals surface area (Å²) in [5.74, 6) is 1.46. The van der Waals surface area contributed by atoms with E-state index < -0.39 is 0 Å². The van der Waals surface area contributed by atoms with E-state index in [9.17, 15) is 4.79 Å². The summed E-state index contributed by atoms with van der Waals surface area (Å²) >= 11 is 0. The second kappa shape index (κ2) is 12.7. The van der Waals surface area contributed by atoms with E-state index in [-0.39, 0.29) is 5.91 Å². The molecule has 174 valence electrons. The third-order valence-electron chi connectivity index (χ3n) is 5.84. The third kappa shape index (κ3) is 8.15. The maximum absolute atomic E-state index is 12.2. The monoisotopic (exact) mass is 430 g/mol. The summed E-state index contributed by atoms with van der Waals surface area (Å²) in [4.78, 5) is 23.7. The van der Waals surface area contributed by atoms with Gasteiger partial charge < -0.3 is 20.4 Å². The number of hydrogen-bond acceptors (Lipinski definition) is 4. The molecular formula is C24H42N6O. The maximum Gasteiger partial charge on any atom is 0.253 e. The van der Waals surface area contributed by atoms with Gasteiger partial charge in [-0.1, -0.05) is 26.0 Å². The summed E-state index contributed by atoms with van der Waals surface area (Å²) in [7, 11) is 5.75. The molecule has 0 spiro atoms. The van der Waals surface area contributed by atoms with Crippen molar-refractivity contribution < 1.29 is 4.79 Å². The third-order valence-corrected chi connectivity index (χ3v) is 5.84. The van der Waals surface area contributed by atoms with Crippen LogP contribution in [0.1, 0.15) is 36.7 Å². The Morgan fingerprint density at radius 2 is 1.87 bits per heavy atom. The first-order chi connectivity index (χ1) is 14.8. The van der Waals surface area contributed by atoms with Crippen molar-refractivity contribution in [2.24, 2.45) is 10.9 Å². The molecule has 1 heterocycles. The lowest BCUT2D eigenvalue weighted by Gasteiger charge is -2.39. The quantitative estimate of drug-likeness (QED) is 0.462. The molecule has 1 aromatic rings. The van der Waals surface area contributed by atoms with Crippen LogP contribution in [-0.4, -0.2) is 99.6 Å². The van der Waals surface area contributed by atoms with Crippen LogP contribution in [0, 0.1) is 5.92 Å². The van der Waals surface area contributed by atoms with E-state index in [1.807, 2.05) is 18.2 Å². The number of carbonyl (C=O) groups excluding carboxylic acids is 1. The van der Waals surface area contributed by atoms with Crippen LogP contribution in [0.2, 0.25) is 0 Å². The number of likely N-dealkylation sites (N-methyl/N-ethyl adjacent to an activating group) is 1. The van der Waals surface area contributed by atoms with Crippen molar-refractivity contribution in [2.45, 2.75) is 33.2 Å². The minimum atomic E-state index is 0.0355. The van der Waals surface area contributed by atoms with Crippen molar-refractivity contribution in [3.05, 3.63) is 35.4 Å². The fourth-order valence-electron chi connectivity index (χ4n) is 3.87. The van der Waals surface area contributed by atoms with Crippen LogP contribution in [0.25, 0.3) is 0 Å². The number of guanidine groups is 1. The minimum Gasteiger partial charge on any atom is -0.357 e. The molecule has 31 heavy (non-hydrogen) atoms. The van der Waals surface area contributed by atoms with Crippen LogP contribution >= 0.6 is 0 Å². The van der Waals surface area contributed by atoms with Crippen molar-refractivity contribution >= 4 is 11.9 Å². The molecule has 0 saturated carbocycles. The first-order valence-corrected chi connectivity index (χ1v) is 11.6. The average Bonchev–Trinajstić information content (AvgIpc) is 2.74. The van der Waals surface area contributed by atoms with Crippen LogP contribution in [-0.2, 0) is 6.42 Å². The molecule has 0 aromatic heterocycles. The Morgan fingerprint density at radius 3 is 2.48 bits per heavy atom. The van der Waals surface area contributed by atoms with Gasteiger partial charge in [-0.15, -0.1) is 0 Å². The zero-order valence-corrected chi connectivity index (χ0v) is 20.3. The molecule has 1 amide bonds. The van der Waals surface area contributed by atoms with E-state index in [4.69, 9.17) is 4.99 Å². The smallest absolute Gasteiger partial charge is 0.253 e. The number of nitrogens with one attached hydrogen (secondary N) is 2. The normalized spacial score (nSPS) is 16.9. The van der Waals surface area contributed by atoms with Crippen LogP contribution in [0.15, 0.2) is 29.3 Å². The first-order valence-electron chi connectivity index (χ1n) is 11.6. The van der Waals surface area contributed by atoms with Gasteiger partial charge >= 0.3 is 0 Å². The molecule has 1 aliphatic heterocycles. The van der Waals surface area contributed by atoms with Gasteiger partial charge in [0.2, 0.25) is 0 Å². The average molecular weight is 431 g/mol. The second-order valence-corrected chi connectivity index (χ2v) is 8.95. The van der Waals surface area contributed by atoms with Gasteiger partial charge in [0.15, 0.2) is 5.96 Å². The molecule has 1 unspecified atom stereocenters. The van der Waals surface area contributed by atoms with Crippen LogP contribution < -0.4 is 10.6 Å². The predicted octanol–water partition coefficient (Wildman–Crippen LogP) is 1.76. The fourth-order valence-corrected chi connectivity index (χ4v) is 3.87. The molecule has 7 nitrogen and oxygen atoms in total. The zero-order valence-electron chi connectivity index (χ0n) is 20.3. The topological polar surface area (TPSA) is 63.2 Å². The SMILES string of the molecule is CCNC(=NCC(C(C)C)N1CCN(C)CC1)NCCc1cccc(C(=O)N(C)C)c1. The Balaban J connectivity index is 1.93. The maximum atomic E-state index is 12.2. The molecule has 0 radical (unpaired) electrons. The predicted molar refractivity (Wildman–Crippen MR) is 130 cm³/mol. The molecule has 1 atom stereocenters. The summed E-state index contributed by atoms with van der Waals surface area (Å²) in [6.07, 6.45) is 0.838. The number of carbonyl (C=O) groups is 1. The number of piperazine rings is 1. The van der Waals surface area contributed by atoms with Crippen LogP contribution in [0.4, 0.5) is 0 Å². The van der Waals surface area contributed by atoms with E-state index in [0.717, 1.165) is 69.3 Å². The molecule has 1 fully saturated rings. The van der Waals surface area contributed by atoms with Crippen molar-refractivity contribution in [3.8, 4) is 0 Å². The van der Waals surface area contributed by atoms with Gasteiger partial charge in [-0.25, -0.2) is 0 Å². The highest BCUT2D eigenvalue weighted by Gasteiger charge is 2.24. The fraction of sp³-hybridized carbons (Fsp3) is 0.667.